The van der Waals surface area contributed by atoms with Gasteiger partial charge in [0.25, 0.3) is 0 Å². The summed E-state index contributed by atoms with van der Waals surface area (Å²) in [4.78, 5) is 14.1. The van der Waals surface area contributed by atoms with Gasteiger partial charge in [-0.1, -0.05) is 20.4 Å². The molecule has 52 heavy (non-hydrogen) atoms. The van der Waals surface area contributed by atoms with Crippen LogP contribution in [0, 0.1) is 17.8 Å². The van der Waals surface area contributed by atoms with Crippen molar-refractivity contribution in [3.63, 3.8) is 0 Å². The summed E-state index contributed by atoms with van der Waals surface area (Å²) < 4.78 is 60.1. The fraction of sp³-hybridized carbons (Fsp3) is 0.925. The van der Waals surface area contributed by atoms with Crippen LogP contribution in [0.1, 0.15) is 97.3 Å². The van der Waals surface area contributed by atoms with Gasteiger partial charge < -0.3 is 52.8 Å². The van der Waals surface area contributed by atoms with Crippen molar-refractivity contribution in [2.75, 3.05) is 13.7 Å². The largest absolute Gasteiger partial charge is 0.394 e. The van der Waals surface area contributed by atoms with E-state index in [0.29, 0.717) is 31.1 Å². The Morgan fingerprint density at radius 1 is 0.788 bits per heavy atom. The van der Waals surface area contributed by atoms with Crippen molar-refractivity contribution in [1.29, 1.82) is 0 Å². The smallest absolute Gasteiger partial charge is 0.172 e. The quantitative estimate of drug-likeness (QED) is 0.409. The summed E-state index contributed by atoms with van der Waals surface area (Å²) in [6, 6.07) is 0. The van der Waals surface area contributed by atoms with Crippen molar-refractivity contribution < 1.29 is 57.6 Å². The molecule has 0 aromatic heterocycles. The number of carbonyl (C=O) groups is 1. The molecule has 12 unspecified atom stereocenters. The molecule has 10 rings (SSSR count). The highest BCUT2D eigenvalue weighted by Crippen LogP contribution is 2.54. The Hall–Kier alpha value is -1.03. The van der Waals surface area contributed by atoms with Gasteiger partial charge in [0.2, 0.25) is 0 Å². The fourth-order valence-electron chi connectivity index (χ4n) is 11.5. The molecule has 0 radical (unpaired) electrons. The lowest BCUT2D eigenvalue weighted by Crippen LogP contribution is -2.61. The molecule has 0 aromatic carbocycles. The Morgan fingerprint density at radius 3 is 2.38 bits per heavy atom. The highest BCUT2D eigenvalue weighted by atomic mass is 16.8. The molecular weight excluding hydrogens is 672 g/mol. The van der Waals surface area contributed by atoms with Crippen molar-refractivity contribution in [2.45, 2.75) is 201 Å². The van der Waals surface area contributed by atoms with E-state index < -0.39 is 24.1 Å². The molecule has 0 saturated carbocycles. The number of fused-ring (bicyclic) bond motifs is 6. The molecular formula is C40H60O12. The monoisotopic (exact) mass is 732 g/mol. The van der Waals surface area contributed by atoms with Crippen LogP contribution in [0.4, 0.5) is 0 Å². The van der Waals surface area contributed by atoms with Gasteiger partial charge in [0.15, 0.2) is 5.79 Å². The fourth-order valence-corrected chi connectivity index (χ4v) is 11.5. The molecule has 10 saturated heterocycles. The summed E-state index contributed by atoms with van der Waals surface area (Å²) in [6.07, 6.45) is 4.91. The SMILES string of the molecule is C=C1CC2CC[C@@]34CC5OC6[C@@H](OC7CCC(CC(=O)CC8[C@@H](OC)C(CC(O)CO)O[C@H]8C[C@H]8OC(CCC1O2)C[C@@H](C)C8C)O[C@@H]7[C@@H]6O3)C5O4. The molecule has 1 spiro atoms. The predicted molar refractivity (Wildman–Crippen MR) is 184 cm³/mol. The Kier molecular flexibility index (Phi) is 10.2. The van der Waals surface area contributed by atoms with Crippen LogP contribution in [0.2, 0.25) is 0 Å². The van der Waals surface area contributed by atoms with E-state index >= 15 is 0 Å². The molecule has 10 fully saturated rings. The van der Waals surface area contributed by atoms with Gasteiger partial charge in [0.05, 0.1) is 73.8 Å². The molecule has 292 valence electrons. The first-order valence-electron chi connectivity index (χ1n) is 20.4. The summed E-state index contributed by atoms with van der Waals surface area (Å²) in [7, 11) is 1.65. The third-order valence-corrected chi connectivity index (χ3v) is 14.4. The number of hydrogen-bond donors (Lipinski definition) is 2. The third kappa shape index (κ3) is 6.67. The zero-order chi connectivity index (χ0) is 35.9. The second-order valence-corrected chi connectivity index (χ2v) is 17.8. The number of Topliss-reactive ketones (excluding diaryl/α,β-unsaturated/α-hetero) is 1. The maximum atomic E-state index is 14.1. The average molecular weight is 733 g/mol. The lowest BCUT2D eigenvalue weighted by atomic mass is 9.78. The molecule has 0 aliphatic carbocycles. The summed E-state index contributed by atoms with van der Waals surface area (Å²) >= 11 is 0. The van der Waals surface area contributed by atoms with Gasteiger partial charge in [0, 0.05) is 51.6 Å². The third-order valence-electron chi connectivity index (χ3n) is 14.4. The maximum Gasteiger partial charge on any atom is 0.172 e. The van der Waals surface area contributed by atoms with E-state index in [1.165, 1.54) is 0 Å². The number of carbonyl (C=O) groups excluding carboxylic acids is 1. The van der Waals surface area contributed by atoms with E-state index in [1.54, 1.807) is 7.11 Å². The van der Waals surface area contributed by atoms with Gasteiger partial charge in [-0.05, 0) is 62.4 Å². The van der Waals surface area contributed by atoms with Gasteiger partial charge >= 0.3 is 0 Å². The van der Waals surface area contributed by atoms with Crippen molar-refractivity contribution in [2.24, 2.45) is 17.8 Å². The van der Waals surface area contributed by atoms with Gasteiger partial charge in [-0.2, -0.15) is 0 Å². The van der Waals surface area contributed by atoms with E-state index in [4.69, 9.17) is 42.6 Å². The molecule has 0 aromatic rings. The summed E-state index contributed by atoms with van der Waals surface area (Å²) in [6.45, 7) is 8.65. The normalized spacial score (nSPS) is 53.8. The van der Waals surface area contributed by atoms with Crippen LogP contribution in [-0.4, -0.2) is 133 Å². The van der Waals surface area contributed by atoms with Crippen LogP contribution in [0.3, 0.4) is 0 Å². The topological polar surface area (TPSA) is 141 Å². The maximum absolute atomic E-state index is 14.1. The highest BCUT2D eigenvalue weighted by Gasteiger charge is 2.68. The molecule has 12 nitrogen and oxygen atoms in total. The molecule has 10 aliphatic rings. The Morgan fingerprint density at radius 2 is 1.56 bits per heavy atom. The minimum atomic E-state index is -0.933. The van der Waals surface area contributed by atoms with E-state index in [2.05, 4.69) is 20.4 Å². The van der Waals surface area contributed by atoms with E-state index in [0.717, 1.165) is 50.5 Å². The van der Waals surface area contributed by atoms with Gasteiger partial charge in [-0.15, -0.1) is 0 Å². The van der Waals surface area contributed by atoms with Crippen LogP contribution in [0.25, 0.3) is 0 Å². The van der Waals surface area contributed by atoms with Crippen LogP contribution in [-0.2, 0) is 47.4 Å². The number of ether oxygens (including phenoxy) is 9. The summed E-state index contributed by atoms with van der Waals surface area (Å²) in [5, 5.41) is 20.1. The van der Waals surface area contributed by atoms with Gasteiger partial charge in [-0.25, -0.2) is 0 Å². The summed E-state index contributed by atoms with van der Waals surface area (Å²) in [5.41, 5.74) is 1.15. The highest BCUT2D eigenvalue weighted by molar-refractivity contribution is 5.79. The first kappa shape index (κ1) is 36.6. The number of aliphatic hydroxyl groups is 2. The second kappa shape index (κ2) is 14.5. The standard InChI is InChI=1S/C40H60O12/c1-19-11-24-5-7-28-20(2)12-26(45-28)9-10-40-17-33-36(51-40)37-38(50-33)39(52-40)35-29(49-37)8-6-25(47-35)13-22(42)14-27-31(16-30(46-24)21(19)3)48-32(34(27)44-4)15-23(43)18-41/h19,21,23-39,41,43H,2,5-18H2,1,3-4H3/t19-,21?,23?,24?,25?,26?,27?,28?,29?,30-,31+,32?,33?,34-,35+,36?,37+,38?,39+,40+/m1/s1. The number of rotatable bonds is 4. The van der Waals surface area contributed by atoms with E-state index in [-0.39, 0.29) is 117 Å². The molecule has 20 atom stereocenters. The van der Waals surface area contributed by atoms with Crippen LogP contribution in [0.15, 0.2) is 12.2 Å². The first-order valence-corrected chi connectivity index (χ1v) is 20.4. The van der Waals surface area contributed by atoms with E-state index in [9.17, 15) is 15.0 Å². The lowest BCUT2D eigenvalue weighted by molar-refractivity contribution is -0.292. The molecule has 2 N–H and O–H groups in total. The molecule has 0 amide bonds. The zero-order valence-electron chi connectivity index (χ0n) is 31.1. The average Bonchev–Trinajstić information content (AvgIpc) is 3.79. The summed E-state index contributed by atoms with van der Waals surface area (Å²) in [5.74, 6) is -0.132. The number of ketones is 1. The number of methoxy groups -OCH3 is 1. The zero-order valence-corrected chi connectivity index (χ0v) is 31.1. The Labute approximate surface area is 307 Å². The van der Waals surface area contributed by atoms with Crippen LogP contribution >= 0.6 is 0 Å². The number of hydrogen-bond acceptors (Lipinski definition) is 12. The molecule has 12 heteroatoms. The van der Waals surface area contributed by atoms with Gasteiger partial charge in [-0.3, -0.25) is 4.79 Å². The van der Waals surface area contributed by atoms with Gasteiger partial charge in [0.1, 0.15) is 36.3 Å². The second-order valence-electron chi connectivity index (χ2n) is 17.8. The predicted octanol–water partition coefficient (Wildman–Crippen LogP) is 3.55. The number of aliphatic hydroxyl groups excluding tert-OH is 2. The van der Waals surface area contributed by atoms with Crippen molar-refractivity contribution in [1.82, 2.24) is 0 Å². The Balaban J connectivity index is 0.992. The van der Waals surface area contributed by atoms with Crippen molar-refractivity contribution in [3.05, 3.63) is 12.2 Å². The lowest BCUT2D eigenvalue weighted by Gasteiger charge is -2.47. The Bertz CT molecular complexity index is 1330. The van der Waals surface area contributed by atoms with Crippen LogP contribution in [0.5, 0.6) is 0 Å². The molecule has 10 heterocycles. The first-order chi connectivity index (χ1) is 25.1. The van der Waals surface area contributed by atoms with Crippen molar-refractivity contribution >= 4 is 5.78 Å². The van der Waals surface area contributed by atoms with E-state index in [1.807, 2.05) is 0 Å². The molecule has 10 aliphatic heterocycles. The molecule has 12 bridgehead atoms. The van der Waals surface area contributed by atoms with Crippen molar-refractivity contribution in [3.8, 4) is 0 Å². The minimum Gasteiger partial charge on any atom is -0.394 e. The van der Waals surface area contributed by atoms with Crippen LogP contribution < -0.4 is 0 Å². The minimum absolute atomic E-state index is 0.00354.